The molecule has 1 unspecified atom stereocenters. The monoisotopic (exact) mass is 436 g/mol. The van der Waals surface area contributed by atoms with E-state index in [1.54, 1.807) is 11.3 Å². The Morgan fingerprint density at radius 1 is 1.36 bits per heavy atom. The van der Waals surface area contributed by atoms with Crippen LogP contribution in [0.15, 0.2) is 22.5 Å². The third kappa shape index (κ3) is 6.42. The molecule has 22 heavy (non-hydrogen) atoms. The van der Waals surface area contributed by atoms with Crippen molar-refractivity contribution < 1.29 is 0 Å². The average molecular weight is 436 g/mol. The van der Waals surface area contributed by atoms with Crippen LogP contribution in [0.3, 0.4) is 0 Å². The van der Waals surface area contributed by atoms with Gasteiger partial charge in [0.15, 0.2) is 5.96 Å². The van der Waals surface area contributed by atoms with Gasteiger partial charge in [0.25, 0.3) is 0 Å². The van der Waals surface area contributed by atoms with Crippen molar-refractivity contribution in [3.63, 3.8) is 0 Å². The molecular formula is C16H29IN4S. The van der Waals surface area contributed by atoms with Crippen LogP contribution >= 0.6 is 35.3 Å². The van der Waals surface area contributed by atoms with Gasteiger partial charge in [-0.05, 0) is 38.4 Å². The Morgan fingerprint density at radius 3 is 2.59 bits per heavy atom. The van der Waals surface area contributed by atoms with Gasteiger partial charge in [-0.25, -0.2) is 0 Å². The van der Waals surface area contributed by atoms with Crippen molar-refractivity contribution in [1.82, 2.24) is 10.2 Å². The Bertz CT molecular complexity index is 425. The standard InChI is InChI=1S/C16H28N4S.HI/c1-20(2)14(15-10-7-11-21-15)12-18-16(17)19-13-8-5-3-4-6-9-13;/h7,10-11,13-14H,3-6,8-9,12H2,1-2H3,(H3,17,18,19);1H. The fourth-order valence-electron chi connectivity index (χ4n) is 2.85. The van der Waals surface area contributed by atoms with Crippen LogP contribution < -0.4 is 11.1 Å². The number of hydrogen-bond acceptors (Lipinski definition) is 3. The molecule has 2 rings (SSSR count). The summed E-state index contributed by atoms with van der Waals surface area (Å²) in [5.41, 5.74) is 6.08. The van der Waals surface area contributed by atoms with Crippen LogP contribution in [0.4, 0.5) is 0 Å². The first-order valence-corrected chi connectivity index (χ1v) is 8.81. The summed E-state index contributed by atoms with van der Waals surface area (Å²) in [6, 6.07) is 5.07. The third-order valence-corrected chi connectivity index (χ3v) is 5.11. The molecule has 0 spiro atoms. The summed E-state index contributed by atoms with van der Waals surface area (Å²) in [4.78, 5) is 8.12. The molecule has 1 aromatic heterocycles. The molecule has 1 saturated carbocycles. The summed E-state index contributed by atoms with van der Waals surface area (Å²) >= 11 is 1.78. The van der Waals surface area contributed by atoms with Crippen molar-refractivity contribution in [3.8, 4) is 0 Å². The van der Waals surface area contributed by atoms with Crippen LogP contribution in [-0.4, -0.2) is 37.5 Å². The van der Waals surface area contributed by atoms with E-state index in [0.29, 0.717) is 24.6 Å². The minimum atomic E-state index is 0. The maximum atomic E-state index is 6.08. The van der Waals surface area contributed by atoms with E-state index in [1.165, 1.54) is 43.4 Å². The fraction of sp³-hybridized carbons (Fsp3) is 0.688. The van der Waals surface area contributed by atoms with Crippen LogP contribution in [0.5, 0.6) is 0 Å². The van der Waals surface area contributed by atoms with Crippen LogP contribution in [0.25, 0.3) is 0 Å². The largest absolute Gasteiger partial charge is 0.370 e. The zero-order valence-corrected chi connectivity index (χ0v) is 16.8. The van der Waals surface area contributed by atoms with E-state index >= 15 is 0 Å². The van der Waals surface area contributed by atoms with Crippen LogP contribution in [0.2, 0.25) is 0 Å². The number of nitrogens with one attached hydrogen (secondary N) is 1. The summed E-state index contributed by atoms with van der Waals surface area (Å²) < 4.78 is 0. The molecule has 1 fully saturated rings. The molecule has 1 aliphatic carbocycles. The zero-order valence-electron chi connectivity index (χ0n) is 13.6. The minimum Gasteiger partial charge on any atom is -0.370 e. The number of nitrogens with two attached hydrogens (primary N) is 1. The van der Waals surface area contributed by atoms with Crippen molar-refractivity contribution in [2.75, 3.05) is 20.6 Å². The van der Waals surface area contributed by atoms with Gasteiger partial charge in [-0.1, -0.05) is 31.7 Å². The van der Waals surface area contributed by atoms with E-state index in [0.717, 1.165) is 0 Å². The van der Waals surface area contributed by atoms with Crippen molar-refractivity contribution in [2.24, 2.45) is 10.7 Å². The number of halogens is 1. The van der Waals surface area contributed by atoms with Gasteiger partial charge >= 0.3 is 0 Å². The summed E-state index contributed by atoms with van der Waals surface area (Å²) in [7, 11) is 4.18. The quantitative estimate of drug-likeness (QED) is 0.321. The molecule has 4 nitrogen and oxygen atoms in total. The van der Waals surface area contributed by atoms with Gasteiger partial charge in [0.2, 0.25) is 0 Å². The maximum absolute atomic E-state index is 6.08. The van der Waals surface area contributed by atoms with Gasteiger partial charge in [0.05, 0.1) is 12.6 Å². The van der Waals surface area contributed by atoms with Gasteiger partial charge in [-0.3, -0.25) is 4.99 Å². The van der Waals surface area contributed by atoms with Gasteiger partial charge in [0.1, 0.15) is 0 Å². The molecule has 0 saturated heterocycles. The lowest BCUT2D eigenvalue weighted by Crippen LogP contribution is -2.40. The first-order valence-electron chi connectivity index (χ1n) is 7.93. The summed E-state index contributed by atoms with van der Waals surface area (Å²) in [5, 5.41) is 5.52. The Morgan fingerprint density at radius 2 is 2.05 bits per heavy atom. The first-order chi connectivity index (χ1) is 10.2. The lowest BCUT2D eigenvalue weighted by Gasteiger charge is -2.22. The van der Waals surface area contributed by atoms with Crippen molar-refractivity contribution in [1.29, 1.82) is 0 Å². The second-order valence-electron chi connectivity index (χ2n) is 6.05. The molecule has 0 aliphatic heterocycles. The maximum Gasteiger partial charge on any atom is 0.188 e. The molecule has 3 N–H and O–H groups in total. The molecule has 0 amide bonds. The highest BCUT2D eigenvalue weighted by molar-refractivity contribution is 14.0. The molecule has 1 aromatic rings. The molecule has 1 heterocycles. The molecular weight excluding hydrogens is 407 g/mol. The number of nitrogens with zero attached hydrogens (tertiary/aromatic N) is 2. The Labute approximate surface area is 155 Å². The predicted molar refractivity (Wildman–Crippen MR) is 107 cm³/mol. The molecule has 6 heteroatoms. The Kier molecular flexibility index (Phi) is 9.35. The molecule has 0 radical (unpaired) electrons. The van der Waals surface area contributed by atoms with Gasteiger partial charge in [0, 0.05) is 10.9 Å². The van der Waals surface area contributed by atoms with E-state index in [1.807, 2.05) is 0 Å². The normalized spacial score (nSPS) is 18.6. The Hall–Kier alpha value is -0.340. The molecule has 0 bridgehead atoms. The van der Waals surface area contributed by atoms with Crippen molar-refractivity contribution in [3.05, 3.63) is 22.4 Å². The highest BCUT2D eigenvalue weighted by atomic mass is 127. The molecule has 126 valence electrons. The van der Waals surface area contributed by atoms with E-state index < -0.39 is 0 Å². The predicted octanol–water partition coefficient (Wildman–Crippen LogP) is 3.60. The summed E-state index contributed by atoms with van der Waals surface area (Å²) in [6.07, 6.45) is 7.77. The third-order valence-electron chi connectivity index (χ3n) is 4.14. The summed E-state index contributed by atoms with van der Waals surface area (Å²) in [5.74, 6) is 0.602. The second-order valence-corrected chi connectivity index (χ2v) is 7.03. The van der Waals surface area contributed by atoms with E-state index in [9.17, 15) is 0 Å². The summed E-state index contributed by atoms with van der Waals surface area (Å²) in [6.45, 7) is 0.707. The fourth-order valence-corrected chi connectivity index (χ4v) is 3.77. The number of guanidine groups is 1. The van der Waals surface area contributed by atoms with Crippen LogP contribution in [-0.2, 0) is 0 Å². The highest BCUT2D eigenvalue weighted by Crippen LogP contribution is 2.23. The topological polar surface area (TPSA) is 53.6 Å². The van der Waals surface area contributed by atoms with E-state index in [-0.39, 0.29) is 24.0 Å². The number of thiophene rings is 1. The van der Waals surface area contributed by atoms with Crippen LogP contribution in [0.1, 0.15) is 49.4 Å². The lowest BCUT2D eigenvalue weighted by molar-refractivity contribution is 0.310. The number of rotatable bonds is 5. The van der Waals surface area contributed by atoms with Crippen LogP contribution in [0, 0.1) is 0 Å². The van der Waals surface area contributed by atoms with Crippen molar-refractivity contribution in [2.45, 2.75) is 50.6 Å². The number of aliphatic imine (C=N–C) groups is 1. The number of hydrogen-bond donors (Lipinski definition) is 2. The Balaban J connectivity index is 0.00000242. The number of likely N-dealkylation sites (N-methyl/N-ethyl adjacent to an activating group) is 1. The lowest BCUT2D eigenvalue weighted by atomic mass is 10.1. The van der Waals surface area contributed by atoms with E-state index in [4.69, 9.17) is 5.73 Å². The highest BCUT2D eigenvalue weighted by Gasteiger charge is 2.16. The van der Waals surface area contributed by atoms with Gasteiger partial charge < -0.3 is 16.0 Å². The smallest absolute Gasteiger partial charge is 0.188 e. The average Bonchev–Trinajstić information content (AvgIpc) is 2.84. The molecule has 1 atom stereocenters. The van der Waals surface area contributed by atoms with Gasteiger partial charge in [-0.2, -0.15) is 0 Å². The zero-order chi connectivity index (χ0) is 15.1. The van der Waals surface area contributed by atoms with Gasteiger partial charge in [-0.15, -0.1) is 35.3 Å². The SMILES string of the molecule is CN(C)C(CN=C(N)NC1CCCCCC1)c1cccs1.I. The minimum absolute atomic E-state index is 0. The second kappa shape index (κ2) is 10.4. The van der Waals surface area contributed by atoms with Crippen molar-refractivity contribution >= 4 is 41.3 Å². The van der Waals surface area contributed by atoms with E-state index in [2.05, 4.69) is 46.8 Å². The molecule has 0 aromatic carbocycles. The molecule has 1 aliphatic rings. The first kappa shape index (κ1) is 19.7.